The average Bonchev–Trinajstić information content (AvgIpc) is 2.89. The van der Waals surface area contributed by atoms with E-state index >= 15 is 0 Å². The summed E-state index contributed by atoms with van der Waals surface area (Å²) in [6.07, 6.45) is 0.0403. The number of anilines is 1. The number of rotatable bonds is 5. The summed E-state index contributed by atoms with van der Waals surface area (Å²) >= 11 is 0. The van der Waals surface area contributed by atoms with Gasteiger partial charge in [-0.25, -0.2) is 0 Å². The summed E-state index contributed by atoms with van der Waals surface area (Å²) in [6.45, 7) is 2.10. The van der Waals surface area contributed by atoms with Gasteiger partial charge >= 0.3 is 11.7 Å². The van der Waals surface area contributed by atoms with Crippen molar-refractivity contribution < 1.29 is 24.0 Å². The van der Waals surface area contributed by atoms with Crippen LogP contribution < -0.4 is 9.64 Å². The number of nitro groups is 1. The SMILES string of the molecule is CCOC(=O)[C@H]1CC(=O)N(c2ccc(OC)c([N+](=O)[O-])c2)C1. The molecule has 0 radical (unpaired) electrons. The normalized spacial score (nSPS) is 17.5. The van der Waals surface area contributed by atoms with Crippen LogP contribution in [0, 0.1) is 16.0 Å². The van der Waals surface area contributed by atoms with Crippen LogP contribution in [0.5, 0.6) is 5.75 Å². The molecule has 1 aromatic rings. The molecule has 1 aliphatic heterocycles. The van der Waals surface area contributed by atoms with E-state index in [-0.39, 0.29) is 36.9 Å². The third-order valence-corrected chi connectivity index (χ3v) is 3.42. The van der Waals surface area contributed by atoms with Crippen LogP contribution in [0.1, 0.15) is 13.3 Å². The Bertz CT molecular complexity index is 615. The molecule has 1 saturated heterocycles. The van der Waals surface area contributed by atoms with Crippen LogP contribution in [-0.2, 0) is 14.3 Å². The number of carbonyl (C=O) groups excluding carboxylic acids is 2. The average molecular weight is 308 g/mol. The zero-order chi connectivity index (χ0) is 16.3. The second-order valence-corrected chi connectivity index (χ2v) is 4.77. The number of amides is 1. The molecule has 0 aliphatic carbocycles. The van der Waals surface area contributed by atoms with Crippen LogP contribution in [0.3, 0.4) is 0 Å². The highest BCUT2D eigenvalue weighted by atomic mass is 16.6. The number of nitrogens with zero attached hydrogens (tertiary/aromatic N) is 2. The first-order chi connectivity index (χ1) is 10.5. The minimum absolute atomic E-state index is 0.0403. The zero-order valence-electron chi connectivity index (χ0n) is 12.3. The Hall–Kier alpha value is -2.64. The molecule has 0 bridgehead atoms. The molecule has 0 saturated carbocycles. The maximum absolute atomic E-state index is 12.0. The van der Waals surface area contributed by atoms with Crippen molar-refractivity contribution in [3.05, 3.63) is 28.3 Å². The van der Waals surface area contributed by atoms with Gasteiger partial charge in [0.1, 0.15) is 0 Å². The first kappa shape index (κ1) is 15.7. The van der Waals surface area contributed by atoms with Gasteiger partial charge in [0, 0.05) is 19.0 Å². The van der Waals surface area contributed by atoms with Crippen molar-refractivity contribution in [2.75, 3.05) is 25.2 Å². The number of hydrogen-bond acceptors (Lipinski definition) is 6. The van der Waals surface area contributed by atoms with Gasteiger partial charge in [0.15, 0.2) is 5.75 Å². The summed E-state index contributed by atoms with van der Waals surface area (Å²) < 4.78 is 9.83. The van der Waals surface area contributed by atoms with Gasteiger partial charge in [-0.15, -0.1) is 0 Å². The van der Waals surface area contributed by atoms with Crippen LogP contribution in [0.25, 0.3) is 0 Å². The quantitative estimate of drug-likeness (QED) is 0.464. The van der Waals surface area contributed by atoms with Crippen molar-refractivity contribution in [1.29, 1.82) is 0 Å². The largest absolute Gasteiger partial charge is 0.490 e. The van der Waals surface area contributed by atoms with Gasteiger partial charge in [0.25, 0.3) is 0 Å². The van der Waals surface area contributed by atoms with E-state index in [4.69, 9.17) is 9.47 Å². The van der Waals surface area contributed by atoms with Crippen molar-refractivity contribution in [2.24, 2.45) is 5.92 Å². The summed E-state index contributed by atoms with van der Waals surface area (Å²) in [4.78, 5) is 35.6. The van der Waals surface area contributed by atoms with Gasteiger partial charge in [-0.1, -0.05) is 0 Å². The Balaban J connectivity index is 2.25. The molecule has 1 aliphatic rings. The van der Waals surface area contributed by atoms with E-state index in [0.29, 0.717) is 5.69 Å². The first-order valence-electron chi connectivity index (χ1n) is 6.77. The topological polar surface area (TPSA) is 99.0 Å². The maximum Gasteiger partial charge on any atom is 0.312 e. The summed E-state index contributed by atoms with van der Waals surface area (Å²) in [6, 6.07) is 4.25. The predicted octanol–water partition coefficient (Wildman–Crippen LogP) is 1.52. The van der Waals surface area contributed by atoms with E-state index in [0.717, 1.165) is 0 Å². The molecular formula is C14H16N2O6. The smallest absolute Gasteiger partial charge is 0.312 e. The lowest BCUT2D eigenvalue weighted by Gasteiger charge is -2.16. The number of nitro benzene ring substituents is 1. The van der Waals surface area contributed by atoms with E-state index in [2.05, 4.69) is 0 Å². The fraction of sp³-hybridized carbons (Fsp3) is 0.429. The molecule has 2 rings (SSSR count). The number of methoxy groups -OCH3 is 1. The van der Waals surface area contributed by atoms with Gasteiger partial charge in [-0.05, 0) is 19.1 Å². The molecule has 0 aromatic heterocycles. The zero-order valence-corrected chi connectivity index (χ0v) is 12.3. The van der Waals surface area contributed by atoms with Crippen LogP contribution >= 0.6 is 0 Å². The van der Waals surface area contributed by atoms with Crippen LogP contribution in [-0.4, -0.2) is 37.1 Å². The van der Waals surface area contributed by atoms with Crippen LogP contribution in [0.2, 0.25) is 0 Å². The van der Waals surface area contributed by atoms with Crippen molar-refractivity contribution >= 4 is 23.3 Å². The Kier molecular flexibility index (Phi) is 4.59. The van der Waals surface area contributed by atoms with Crippen molar-refractivity contribution in [1.82, 2.24) is 0 Å². The van der Waals surface area contributed by atoms with E-state index in [1.807, 2.05) is 0 Å². The summed E-state index contributed by atoms with van der Waals surface area (Å²) in [5, 5.41) is 11.0. The molecule has 0 unspecified atom stereocenters. The molecular weight excluding hydrogens is 292 g/mol. The fourth-order valence-corrected chi connectivity index (χ4v) is 2.36. The number of carbonyl (C=O) groups is 2. The Labute approximate surface area is 126 Å². The lowest BCUT2D eigenvalue weighted by Crippen LogP contribution is -2.26. The molecule has 8 nitrogen and oxygen atoms in total. The highest BCUT2D eigenvalue weighted by Gasteiger charge is 2.36. The molecule has 1 aromatic carbocycles. The first-order valence-corrected chi connectivity index (χ1v) is 6.77. The van der Waals surface area contributed by atoms with E-state index in [9.17, 15) is 19.7 Å². The second-order valence-electron chi connectivity index (χ2n) is 4.77. The molecule has 1 amide bonds. The van der Waals surface area contributed by atoms with Gasteiger partial charge < -0.3 is 14.4 Å². The van der Waals surface area contributed by atoms with Gasteiger partial charge in [0.05, 0.1) is 30.2 Å². The molecule has 8 heteroatoms. The molecule has 1 atom stereocenters. The molecule has 22 heavy (non-hydrogen) atoms. The number of esters is 1. The molecule has 0 spiro atoms. The summed E-state index contributed by atoms with van der Waals surface area (Å²) in [5.41, 5.74) is 0.136. The van der Waals surface area contributed by atoms with Crippen molar-refractivity contribution in [3.8, 4) is 5.75 Å². The van der Waals surface area contributed by atoms with Crippen LogP contribution in [0.4, 0.5) is 11.4 Å². The third kappa shape index (κ3) is 3.00. The second kappa shape index (κ2) is 6.42. The summed E-state index contributed by atoms with van der Waals surface area (Å²) in [7, 11) is 1.33. The van der Waals surface area contributed by atoms with Gasteiger partial charge in [-0.2, -0.15) is 0 Å². The summed E-state index contributed by atoms with van der Waals surface area (Å²) in [5.74, 6) is -1.13. The molecule has 0 N–H and O–H groups in total. The molecule has 1 heterocycles. The number of hydrogen-bond donors (Lipinski definition) is 0. The molecule has 1 fully saturated rings. The van der Waals surface area contributed by atoms with Gasteiger partial charge in [0.2, 0.25) is 5.91 Å². The third-order valence-electron chi connectivity index (χ3n) is 3.42. The van der Waals surface area contributed by atoms with E-state index in [1.54, 1.807) is 13.0 Å². The van der Waals surface area contributed by atoms with Crippen molar-refractivity contribution in [3.63, 3.8) is 0 Å². The van der Waals surface area contributed by atoms with Crippen molar-refractivity contribution in [2.45, 2.75) is 13.3 Å². The maximum atomic E-state index is 12.0. The predicted molar refractivity (Wildman–Crippen MR) is 76.7 cm³/mol. The minimum atomic E-state index is -0.578. The molecule has 118 valence electrons. The number of benzene rings is 1. The highest BCUT2D eigenvalue weighted by molar-refractivity contribution is 5.99. The van der Waals surface area contributed by atoms with E-state index < -0.39 is 16.8 Å². The monoisotopic (exact) mass is 308 g/mol. The van der Waals surface area contributed by atoms with Crippen LogP contribution in [0.15, 0.2) is 18.2 Å². The van der Waals surface area contributed by atoms with E-state index in [1.165, 1.54) is 24.1 Å². The fourth-order valence-electron chi connectivity index (χ4n) is 2.36. The van der Waals surface area contributed by atoms with Gasteiger partial charge in [-0.3, -0.25) is 19.7 Å². The highest BCUT2D eigenvalue weighted by Crippen LogP contribution is 2.34. The standard InChI is InChI=1S/C14H16N2O6/c1-3-22-14(18)9-6-13(17)15(8-9)10-4-5-12(21-2)11(7-10)16(19)20/h4-5,7,9H,3,6,8H2,1-2H3/t9-/m0/s1. The minimum Gasteiger partial charge on any atom is -0.490 e. The Morgan fingerprint density at radius 1 is 1.50 bits per heavy atom. The Morgan fingerprint density at radius 2 is 2.23 bits per heavy atom. The lowest BCUT2D eigenvalue weighted by molar-refractivity contribution is -0.385. The lowest BCUT2D eigenvalue weighted by atomic mass is 10.1. The Morgan fingerprint density at radius 3 is 2.82 bits per heavy atom. The number of ether oxygens (including phenoxy) is 2.